The molecule has 2 rings (SSSR count). The molecule has 1 saturated heterocycles. The van der Waals surface area contributed by atoms with E-state index in [4.69, 9.17) is 0 Å². The molecule has 2 atom stereocenters. The first-order chi connectivity index (χ1) is 9.16. The maximum atomic E-state index is 12.0. The van der Waals surface area contributed by atoms with Crippen molar-refractivity contribution in [3.63, 3.8) is 0 Å². The monoisotopic (exact) mass is 280 g/mol. The maximum Gasteiger partial charge on any atom is 0.232 e. The standard InChI is InChI=1S/C14H20N2O2S/c1-11-4-6-16(8-13(11)17)14(18)10-19-9-12-3-2-5-15-7-12/h2-3,5,7,11,13,17H,4,6,8-10H2,1H3. The number of piperidine rings is 1. The Bertz CT molecular complexity index is 413. The molecule has 1 aliphatic heterocycles. The molecule has 0 radical (unpaired) electrons. The van der Waals surface area contributed by atoms with Gasteiger partial charge in [-0.15, -0.1) is 11.8 Å². The predicted octanol–water partition coefficient (Wildman–Crippen LogP) is 1.54. The van der Waals surface area contributed by atoms with Crippen LogP contribution in [0.2, 0.25) is 0 Å². The fourth-order valence-corrected chi connectivity index (χ4v) is 2.97. The van der Waals surface area contributed by atoms with Crippen LogP contribution in [0.25, 0.3) is 0 Å². The molecule has 4 nitrogen and oxygen atoms in total. The van der Waals surface area contributed by atoms with E-state index in [0.29, 0.717) is 18.2 Å². The summed E-state index contributed by atoms with van der Waals surface area (Å²) in [5, 5.41) is 9.79. The molecule has 2 heterocycles. The van der Waals surface area contributed by atoms with Crippen molar-refractivity contribution in [1.82, 2.24) is 9.88 Å². The average Bonchev–Trinajstić information content (AvgIpc) is 2.43. The van der Waals surface area contributed by atoms with Crippen molar-refractivity contribution in [3.8, 4) is 0 Å². The van der Waals surface area contributed by atoms with Crippen LogP contribution in [0.1, 0.15) is 18.9 Å². The largest absolute Gasteiger partial charge is 0.391 e. The molecule has 0 spiro atoms. The molecule has 0 bridgehead atoms. The van der Waals surface area contributed by atoms with E-state index in [0.717, 1.165) is 24.3 Å². The highest BCUT2D eigenvalue weighted by atomic mass is 32.2. The first kappa shape index (κ1) is 14.3. The number of pyridine rings is 1. The quantitative estimate of drug-likeness (QED) is 0.909. The van der Waals surface area contributed by atoms with Gasteiger partial charge in [0.15, 0.2) is 0 Å². The zero-order valence-corrected chi connectivity index (χ0v) is 12.0. The number of aromatic nitrogens is 1. The van der Waals surface area contributed by atoms with E-state index in [-0.39, 0.29) is 12.0 Å². The van der Waals surface area contributed by atoms with Crippen LogP contribution in [0.4, 0.5) is 0 Å². The lowest BCUT2D eigenvalue weighted by atomic mass is 9.96. The van der Waals surface area contributed by atoms with Crippen LogP contribution in [0.15, 0.2) is 24.5 Å². The minimum absolute atomic E-state index is 0.125. The molecule has 1 fully saturated rings. The van der Waals surface area contributed by atoms with Crippen LogP contribution >= 0.6 is 11.8 Å². The second-order valence-electron chi connectivity index (χ2n) is 5.03. The highest BCUT2D eigenvalue weighted by Crippen LogP contribution is 2.18. The summed E-state index contributed by atoms with van der Waals surface area (Å²) >= 11 is 1.60. The van der Waals surface area contributed by atoms with Gasteiger partial charge >= 0.3 is 0 Å². The molecule has 104 valence electrons. The molecule has 0 saturated carbocycles. The van der Waals surface area contributed by atoms with Crippen molar-refractivity contribution in [2.75, 3.05) is 18.8 Å². The Morgan fingerprint density at radius 2 is 2.47 bits per heavy atom. The van der Waals surface area contributed by atoms with Gasteiger partial charge in [0.1, 0.15) is 0 Å². The summed E-state index contributed by atoms with van der Waals surface area (Å²) < 4.78 is 0. The lowest BCUT2D eigenvalue weighted by molar-refractivity contribution is -0.132. The number of nitrogens with zero attached hydrogens (tertiary/aromatic N) is 2. The number of carbonyl (C=O) groups excluding carboxylic acids is 1. The molecule has 1 aromatic heterocycles. The molecule has 1 N–H and O–H groups in total. The summed E-state index contributed by atoms with van der Waals surface area (Å²) in [4.78, 5) is 17.8. The third kappa shape index (κ3) is 4.21. The Morgan fingerprint density at radius 1 is 1.63 bits per heavy atom. The topological polar surface area (TPSA) is 53.4 Å². The smallest absolute Gasteiger partial charge is 0.232 e. The molecule has 2 unspecified atom stereocenters. The first-order valence-electron chi connectivity index (χ1n) is 6.59. The van der Waals surface area contributed by atoms with Gasteiger partial charge < -0.3 is 10.0 Å². The van der Waals surface area contributed by atoms with E-state index in [9.17, 15) is 9.90 Å². The van der Waals surface area contributed by atoms with Crippen molar-refractivity contribution in [3.05, 3.63) is 30.1 Å². The number of amides is 1. The summed E-state index contributed by atoms with van der Waals surface area (Å²) in [6.07, 6.45) is 4.08. The third-order valence-electron chi connectivity index (χ3n) is 3.49. The van der Waals surface area contributed by atoms with E-state index < -0.39 is 0 Å². The fourth-order valence-electron chi connectivity index (χ4n) is 2.11. The van der Waals surface area contributed by atoms with Gasteiger partial charge in [-0.3, -0.25) is 9.78 Å². The van der Waals surface area contributed by atoms with Crippen LogP contribution in [0, 0.1) is 5.92 Å². The molecule has 1 amide bonds. The molecular weight excluding hydrogens is 260 g/mol. The van der Waals surface area contributed by atoms with Gasteiger partial charge in [-0.2, -0.15) is 0 Å². The van der Waals surface area contributed by atoms with Gasteiger partial charge in [0.25, 0.3) is 0 Å². The maximum absolute atomic E-state index is 12.0. The van der Waals surface area contributed by atoms with E-state index in [1.54, 1.807) is 22.9 Å². The lowest BCUT2D eigenvalue weighted by Gasteiger charge is -2.34. The van der Waals surface area contributed by atoms with Gasteiger partial charge in [0.05, 0.1) is 11.9 Å². The zero-order chi connectivity index (χ0) is 13.7. The van der Waals surface area contributed by atoms with E-state index >= 15 is 0 Å². The van der Waals surface area contributed by atoms with Crippen LogP contribution in [-0.4, -0.2) is 45.8 Å². The number of aliphatic hydroxyl groups excluding tert-OH is 1. The van der Waals surface area contributed by atoms with Crippen LogP contribution in [-0.2, 0) is 10.5 Å². The minimum Gasteiger partial charge on any atom is -0.391 e. The van der Waals surface area contributed by atoms with Crippen LogP contribution in [0.5, 0.6) is 0 Å². The molecule has 0 aliphatic carbocycles. The molecule has 0 aromatic carbocycles. The van der Waals surface area contributed by atoms with Gasteiger partial charge in [0, 0.05) is 31.2 Å². The Morgan fingerprint density at radius 3 is 3.16 bits per heavy atom. The third-order valence-corrected chi connectivity index (χ3v) is 4.48. The van der Waals surface area contributed by atoms with Gasteiger partial charge in [-0.25, -0.2) is 0 Å². The van der Waals surface area contributed by atoms with Gasteiger partial charge in [-0.05, 0) is 24.0 Å². The van der Waals surface area contributed by atoms with Crippen LogP contribution in [0.3, 0.4) is 0 Å². The summed E-state index contributed by atoms with van der Waals surface area (Å²) in [5.41, 5.74) is 1.13. The fraction of sp³-hybridized carbons (Fsp3) is 0.571. The first-order valence-corrected chi connectivity index (χ1v) is 7.75. The molecule has 19 heavy (non-hydrogen) atoms. The Balaban J connectivity index is 1.73. The second kappa shape index (κ2) is 6.91. The van der Waals surface area contributed by atoms with Crippen molar-refractivity contribution < 1.29 is 9.90 Å². The number of hydrogen-bond acceptors (Lipinski definition) is 4. The summed E-state index contributed by atoms with van der Waals surface area (Å²) in [7, 11) is 0. The number of thioether (sulfide) groups is 1. The number of carbonyl (C=O) groups is 1. The summed E-state index contributed by atoms with van der Waals surface area (Å²) in [5.74, 6) is 1.69. The van der Waals surface area contributed by atoms with Crippen molar-refractivity contribution >= 4 is 17.7 Å². The van der Waals surface area contributed by atoms with Crippen molar-refractivity contribution in [2.45, 2.75) is 25.2 Å². The number of β-amino-alcohol motifs (C(OH)–C–C–N with tert-alkyl or cyclic N) is 1. The zero-order valence-electron chi connectivity index (χ0n) is 11.2. The SMILES string of the molecule is CC1CCN(C(=O)CSCc2cccnc2)CC1O. The van der Waals surface area contributed by atoms with Crippen molar-refractivity contribution in [1.29, 1.82) is 0 Å². The predicted molar refractivity (Wildman–Crippen MR) is 76.8 cm³/mol. The highest BCUT2D eigenvalue weighted by Gasteiger charge is 2.26. The van der Waals surface area contributed by atoms with Gasteiger partial charge in [0.2, 0.25) is 5.91 Å². The van der Waals surface area contributed by atoms with E-state index in [1.807, 2.05) is 25.3 Å². The van der Waals surface area contributed by atoms with Crippen LogP contribution < -0.4 is 0 Å². The Kier molecular flexibility index (Phi) is 5.22. The number of rotatable bonds is 4. The number of aliphatic hydroxyl groups is 1. The highest BCUT2D eigenvalue weighted by molar-refractivity contribution is 7.99. The van der Waals surface area contributed by atoms with Gasteiger partial charge in [-0.1, -0.05) is 13.0 Å². The normalized spacial score (nSPS) is 23.4. The summed E-state index contributed by atoms with van der Waals surface area (Å²) in [6.45, 7) is 3.28. The van der Waals surface area contributed by atoms with E-state index in [1.165, 1.54) is 0 Å². The number of likely N-dealkylation sites (tertiary alicyclic amines) is 1. The van der Waals surface area contributed by atoms with E-state index in [2.05, 4.69) is 4.98 Å². The summed E-state index contributed by atoms with van der Waals surface area (Å²) in [6, 6.07) is 3.91. The lowest BCUT2D eigenvalue weighted by Crippen LogP contribution is -2.46. The molecule has 1 aromatic rings. The molecule has 5 heteroatoms. The second-order valence-corrected chi connectivity index (χ2v) is 6.01. The Hall–Kier alpha value is -1.07. The molecule has 1 aliphatic rings. The average molecular weight is 280 g/mol. The Labute approximate surface area is 118 Å². The van der Waals surface area contributed by atoms with Crippen molar-refractivity contribution in [2.24, 2.45) is 5.92 Å². The molecular formula is C14H20N2O2S. The minimum atomic E-state index is -0.374. The number of hydrogen-bond donors (Lipinski definition) is 1.